The SMILES string of the molecule is COC(=O)Cn1cc(-c2cnn(CCO)c2)cn1. The van der Waals surface area contributed by atoms with E-state index in [0.29, 0.717) is 6.54 Å². The molecule has 0 spiro atoms. The van der Waals surface area contributed by atoms with Crippen LogP contribution in [-0.4, -0.2) is 44.4 Å². The summed E-state index contributed by atoms with van der Waals surface area (Å²) in [5.74, 6) is -0.347. The van der Waals surface area contributed by atoms with Crippen LogP contribution in [0.3, 0.4) is 0 Å². The number of aliphatic hydroxyl groups is 1. The molecule has 0 bridgehead atoms. The standard InChI is InChI=1S/C11H14N4O3/c1-18-11(17)8-15-7-10(5-13-15)9-4-12-14(6-9)2-3-16/h4-7,16H,2-3,8H2,1H3. The Bertz CT molecular complexity index is 532. The van der Waals surface area contributed by atoms with E-state index >= 15 is 0 Å². The summed E-state index contributed by atoms with van der Waals surface area (Å²) in [6.45, 7) is 0.584. The van der Waals surface area contributed by atoms with E-state index in [2.05, 4.69) is 14.9 Å². The molecule has 0 atom stereocenters. The maximum absolute atomic E-state index is 11.1. The molecule has 2 aromatic heterocycles. The first-order valence-corrected chi connectivity index (χ1v) is 5.46. The molecule has 0 radical (unpaired) electrons. The molecule has 2 heterocycles. The molecule has 0 aliphatic heterocycles. The lowest BCUT2D eigenvalue weighted by Gasteiger charge is -1.97. The van der Waals surface area contributed by atoms with E-state index in [9.17, 15) is 4.79 Å². The van der Waals surface area contributed by atoms with Gasteiger partial charge in [0.2, 0.25) is 0 Å². The van der Waals surface area contributed by atoms with Crippen molar-refractivity contribution in [2.24, 2.45) is 0 Å². The molecule has 1 N–H and O–H groups in total. The maximum atomic E-state index is 11.1. The molecule has 0 aliphatic rings. The number of hydrogen-bond acceptors (Lipinski definition) is 5. The highest BCUT2D eigenvalue weighted by atomic mass is 16.5. The maximum Gasteiger partial charge on any atom is 0.327 e. The molecule has 0 fully saturated rings. The van der Waals surface area contributed by atoms with E-state index in [-0.39, 0.29) is 19.1 Å². The molecular formula is C11H14N4O3. The van der Waals surface area contributed by atoms with Crippen LogP contribution in [0.25, 0.3) is 11.1 Å². The monoisotopic (exact) mass is 250 g/mol. The van der Waals surface area contributed by atoms with Gasteiger partial charge in [-0.1, -0.05) is 0 Å². The Morgan fingerprint density at radius 1 is 1.28 bits per heavy atom. The summed E-state index contributed by atoms with van der Waals surface area (Å²) >= 11 is 0. The molecule has 7 heteroatoms. The molecule has 96 valence electrons. The van der Waals surface area contributed by atoms with Crippen molar-refractivity contribution in [3.63, 3.8) is 0 Å². The highest BCUT2D eigenvalue weighted by Gasteiger charge is 2.07. The van der Waals surface area contributed by atoms with Crippen LogP contribution in [-0.2, 0) is 22.6 Å². The van der Waals surface area contributed by atoms with Crippen LogP contribution in [0, 0.1) is 0 Å². The zero-order valence-corrected chi connectivity index (χ0v) is 9.98. The molecule has 0 saturated carbocycles. The topological polar surface area (TPSA) is 82.2 Å². The van der Waals surface area contributed by atoms with Crippen LogP contribution in [0.1, 0.15) is 0 Å². The van der Waals surface area contributed by atoms with Gasteiger partial charge in [0.25, 0.3) is 0 Å². The van der Waals surface area contributed by atoms with Crippen molar-refractivity contribution in [2.75, 3.05) is 13.7 Å². The fraction of sp³-hybridized carbons (Fsp3) is 0.364. The first-order chi connectivity index (χ1) is 8.72. The zero-order chi connectivity index (χ0) is 13.0. The number of rotatable bonds is 5. The first-order valence-electron chi connectivity index (χ1n) is 5.46. The van der Waals surface area contributed by atoms with Crippen LogP contribution >= 0.6 is 0 Å². The van der Waals surface area contributed by atoms with Crippen LogP contribution in [0.4, 0.5) is 0 Å². The zero-order valence-electron chi connectivity index (χ0n) is 9.98. The van der Waals surface area contributed by atoms with E-state index in [1.807, 2.05) is 6.20 Å². The lowest BCUT2D eigenvalue weighted by atomic mass is 10.2. The van der Waals surface area contributed by atoms with Gasteiger partial charge in [-0.05, 0) is 0 Å². The van der Waals surface area contributed by atoms with E-state index in [4.69, 9.17) is 5.11 Å². The fourth-order valence-corrected chi connectivity index (χ4v) is 1.53. The van der Waals surface area contributed by atoms with Gasteiger partial charge in [0, 0.05) is 23.5 Å². The van der Waals surface area contributed by atoms with Crippen molar-refractivity contribution in [2.45, 2.75) is 13.1 Å². The van der Waals surface area contributed by atoms with Gasteiger partial charge >= 0.3 is 5.97 Å². The summed E-state index contributed by atoms with van der Waals surface area (Å²) in [5, 5.41) is 17.0. The van der Waals surface area contributed by atoms with E-state index < -0.39 is 0 Å². The number of carbonyl (C=O) groups is 1. The van der Waals surface area contributed by atoms with Gasteiger partial charge < -0.3 is 9.84 Å². The summed E-state index contributed by atoms with van der Waals surface area (Å²) in [7, 11) is 1.34. The molecule has 2 rings (SSSR count). The average molecular weight is 250 g/mol. The Labute approximate surface area is 104 Å². The molecular weight excluding hydrogens is 236 g/mol. The van der Waals surface area contributed by atoms with Crippen molar-refractivity contribution in [1.82, 2.24) is 19.6 Å². The number of hydrogen-bond donors (Lipinski definition) is 1. The van der Waals surface area contributed by atoms with Crippen LogP contribution in [0.2, 0.25) is 0 Å². The normalized spacial score (nSPS) is 10.6. The summed E-state index contributed by atoms with van der Waals surface area (Å²) in [4.78, 5) is 11.1. The number of aliphatic hydroxyl groups excluding tert-OH is 1. The summed E-state index contributed by atoms with van der Waals surface area (Å²) in [6, 6.07) is 0. The minimum Gasteiger partial charge on any atom is -0.468 e. The van der Waals surface area contributed by atoms with Crippen LogP contribution < -0.4 is 0 Å². The molecule has 0 aromatic carbocycles. The molecule has 18 heavy (non-hydrogen) atoms. The highest BCUT2D eigenvalue weighted by molar-refractivity contribution is 5.69. The second kappa shape index (κ2) is 5.46. The third-order valence-corrected chi connectivity index (χ3v) is 2.45. The molecule has 0 amide bonds. The highest BCUT2D eigenvalue weighted by Crippen LogP contribution is 2.17. The number of ether oxygens (including phenoxy) is 1. The molecule has 2 aromatic rings. The number of carbonyl (C=O) groups excluding carboxylic acids is 1. The largest absolute Gasteiger partial charge is 0.468 e. The summed E-state index contributed by atoms with van der Waals surface area (Å²) in [6.07, 6.45) is 6.91. The van der Waals surface area contributed by atoms with Gasteiger partial charge in [-0.25, -0.2) is 0 Å². The lowest BCUT2D eigenvalue weighted by Crippen LogP contribution is -2.11. The fourth-order valence-electron chi connectivity index (χ4n) is 1.53. The van der Waals surface area contributed by atoms with Gasteiger partial charge in [0.1, 0.15) is 6.54 Å². The molecule has 0 saturated heterocycles. The van der Waals surface area contributed by atoms with Gasteiger partial charge in [-0.2, -0.15) is 10.2 Å². The van der Waals surface area contributed by atoms with E-state index in [1.54, 1.807) is 23.3 Å². The minimum atomic E-state index is -0.347. The van der Waals surface area contributed by atoms with Gasteiger partial charge in [-0.3, -0.25) is 14.2 Å². The Balaban J connectivity index is 2.10. The Kier molecular flexibility index (Phi) is 3.73. The Hall–Kier alpha value is -2.15. The Morgan fingerprint density at radius 2 is 1.89 bits per heavy atom. The minimum absolute atomic E-state index is 0.0444. The smallest absolute Gasteiger partial charge is 0.327 e. The molecule has 7 nitrogen and oxygen atoms in total. The predicted molar refractivity (Wildman–Crippen MR) is 62.5 cm³/mol. The third kappa shape index (κ3) is 2.75. The number of methoxy groups -OCH3 is 1. The molecule has 0 aliphatic carbocycles. The number of nitrogens with zero attached hydrogens (tertiary/aromatic N) is 4. The summed E-state index contributed by atoms with van der Waals surface area (Å²) in [5.41, 5.74) is 1.75. The van der Waals surface area contributed by atoms with Crippen LogP contribution in [0.5, 0.6) is 0 Å². The van der Waals surface area contributed by atoms with Crippen LogP contribution in [0.15, 0.2) is 24.8 Å². The van der Waals surface area contributed by atoms with Crippen molar-refractivity contribution < 1.29 is 14.6 Å². The van der Waals surface area contributed by atoms with Crippen molar-refractivity contribution in [3.05, 3.63) is 24.8 Å². The predicted octanol–water partition coefficient (Wildman–Crippen LogP) is -0.0881. The molecule has 0 unspecified atom stereocenters. The van der Waals surface area contributed by atoms with Gasteiger partial charge in [0.05, 0.1) is 32.7 Å². The van der Waals surface area contributed by atoms with Crippen molar-refractivity contribution in [1.29, 1.82) is 0 Å². The van der Waals surface area contributed by atoms with Gasteiger partial charge in [-0.15, -0.1) is 0 Å². The number of aromatic nitrogens is 4. The first kappa shape index (κ1) is 12.3. The third-order valence-electron chi connectivity index (χ3n) is 2.45. The van der Waals surface area contributed by atoms with E-state index in [1.165, 1.54) is 11.8 Å². The number of esters is 1. The quantitative estimate of drug-likeness (QED) is 0.750. The second-order valence-electron chi connectivity index (χ2n) is 3.72. The lowest BCUT2D eigenvalue weighted by molar-refractivity contribution is -0.141. The van der Waals surface area contributed by atoms with E-state index in [0.717, 1.165) is 11.1 Å². The summed E-state index contributed by atoms with van der Waals surface area (Å²) < 4.78 is 7.71. The van der Waals surface area contributed by atoms with Gasteiger partial charge in [0.15, 0.2) is 0 Å². The Morgan fingerprint density at radius 3 is 2.50 bits per heavy atom. The van der Waals surface area contributed by atoms with Crippen molar-refractivity contribution in [3.8, 4) is 11.1 Å². The van der Waals surface area contributed by atoms with Crippen molar-refractivity contribution >= 4 is 5.97 Å². The second-order valence-corrected chi connectivity index (χ2v) is 3.72. The average Bonchev–Trinajstić information content (AvgIpc) is 2.98.